The molecule has 0 spiro atoms. The Kier molecular flexibility index (Phi) is 7.83. The van der Waals surface area contributed by atoms with Gasteiger partial charge in [-0.3, -0.25) is 0 Å². The number of aliphatic imine (C=N–C) groups is 1. The molecule has 1 aromatic carbocycles. The van der Waals surface area contributed by atoms with Gasteiger partial charge >= 0.3 is 6.09 Å². The van der Waals surface area contributed by atoms with E-state index in [0.717, 1.165) is 5.56 Å². The third-order valence-electron chi connectivity index (χ3n) is 1.58. The Morgan fingerprint density at radius 1 is 1.53 bits per heavy atom. The summed E-state index contributed by atoms with van der Waals surface area (Å²) in [7, 11) is 0. The van der Waals surface area contributed by atoms with E-state index in [0.29, 0.717) is 13.0 Å². The fraction of sp³-hybridized carbons (Fsp3) is 0.273. The molecule has 80 valence electrons. The van der Waals surface area contributed by atoms with E-state index in [4.69, 9.17) is 0 Å². The first kappa shape index (κ1) is 14.0. The minimum Gasteiger partial charge on any atom is -0.448 e. The zero-order valence-corrected chi connectivity index (χ0v) is 11.4. The van der Waals surface area contributed by atoms with E-state index in [1.807, 2.05) is 24.3 Å². The molecule has 1 amide bonds. The number of benzene rings is 1. The predicted octanol–water partition coefficient (Wildman–Crippen LogP) is 2.25. The maximum absolute atomic E-state index is 10.8. The summed E-state index contributed by atoms with van der Waals surface area (Å²) in [6, 6.07) is 10.4. The van der Waals surface area contributed by atoms with Crippen LogP contribution >= 0.6 is 0 Å². The van der Waals surface area contributed by atoms with Gasteiger partial charge in [0.2, 0.25) is 0 Å². The monoisotopic (exact) mass is 374 g/mol. The molecule has 0 aliphatic rings. The Hall–Kier alpha value is -0.952. The molecule has 0 aromatic heterocycles. The van der Waals surface area contributed by atoms with Crippen LogP contribution in [-0.2, 0) is 32.2 Å². The second-order valence-electron chi connectivity index (χ2n) is 2.62. The molecule has 1 rings (SSSR count). The summed E-state index contributed by atoms with van der Waals surface area (Å²) in [4.78, 5) is 14.4. The van der Waals surface area contributed by atoms with Crippen molar-refractivity contribution < 1.29 is 30.6 Å². The average molecular weight is 374 g/mol. The van der Waals surface area contributed by atoms with E-state index >= 15 is 0 Å². The fourth-order valence-corrected chi connectivity index (χ4v) is 0.944. The van der Waals surface area contributed by atoms with E-state index in [2.05, 4.69) is 15.8 Å². The van der Waals surface area contributed by atoms with E-state index < -0.39 is 6.09 Å². The van der Waals surface area contributed by atoms with Crippen LogP contribution in [0.2, 0.25) is 0 Å². The summed E-state index contributed by atoms with van der Waals surface area (Å²) in [6.45, 7) is 2.11. The van der Waals surface area contributed by atoms with Crippen molar-refractivity contribution in [3.63, 3.8) is 0 Å². The predicted molar refractivity (Wildman–Crippen MR) is 54.5 cm³/mol. The molecule has 0 unspecified atom stereocenters. The number of ether oxygens (including phenoxy) is 1. The van der Waals surface area contributed by atoms with Crippen LogP contribution < -0.4 is 0 Å². The summed E-state index contributed by atoms with van der Waals surface area (Å²) in [5.74, 6) is 0. The van der Waals surface area contributed by atoms with Crippen LogP contribution in [0.1, 0.15) is 12.5 Å². The van der Waals surface area contributed by atoms with Gasteiger partial charge in [-0.2, -0.15) is 40.9 Å². The van der Waals surface area contributed by atoms with Gasteiger partial charge in [-0.1, -0.05) is 0 Å². The maximum Gasteiger partial charge on any atom is 0.433 e. The Bertz CT molecular complexity index is 312. The Labute approximate surface area is 104 Å². The molecule has 3 nitrogen and oxygen atoms in total. The molecule has 0 bridgehead atoms. The largest absolute Gasteiger partial charge is 0.448 e. The van der Waals surface area contributed by atoms with Gasteiger partial charge in [0, 0.05) is 27.3 Å². The standard InChI is InChI=1S/C11H12NO2.W/c1-2-14-11(13)12-9-8-10-6-4-3-5-7-10;/h4-7,9H,2,8H2,1H3;/q-1;. The van der Waals surface area contributed by atoms with Gasteiger partial charge in [0.05, 0.1) is 6.61 Å². The molecule has 0 saturated heterocycles. The van der Waals surface area contributed by atoms with E-state index in [-0.39, 0.29) is 21.1 Å². The van der Waals surface area contributed by atoms with Crippen molar-refractivity contribution in [2.45, 2.75) is 13.3 Å². The van der Waals surface area contributed by atoms with E-state index in [9.17, 15) is 4.79 Å². The van der Waals surface area contributed by atoms with Crippen molar-refractivity contribution in [2.75, 3.05) is 6.61 Å². The number of nitrogens with zero attached hydrogens (tertiary/aromatic N) is 1. The molecule has 0 atom stereocenters. The molecule has 0 aliphatic heterocycles. The van der Waals surface area contributed by atoms with Crippen LogP contribution in [0.3, 0.4) is 0 Å². The van der Waals surface area contributed by atoms with Gasteiger partial charge in [-0.15, -0.1) is 0 Å². The molecule has 0 heterocycles. The summed E-state index contributed by atoms with van der Waals surface area (Å²) in [5, 5.41) is 0. The summed E-state index contributed by atoms with van der Waals surface area (Å²) < 4.78 is 4.64. The van der Waals surface area contributed by atoms with Crippen LogP contribution in [0.25, 0.3) is 0 Å². The van der Waals surface area contributed by atoms with Crippen LogP contribution in [0.15, 0.2) is 29.3 Å². The zero-order chi connectivity index (χ0) is 10.2. The minimum absolute atomic E-state index is 0. The van der Waals surface area contributed by atoms with Crippen LogP contribution in [0, 0.1) is 6.07 Å². The van der Waals surface area contributed by atoms with Crippen molar-refractivity contribution in [3.8, 4) is 0 Å². The molecule has 1 aromatic rings. The maximum atomic E-state index is 10.8. The van der Waals surface area contributed by atoms with Gasteiger partial charge in [-0.05, 0) is 13.3 Å². The smallest absolute Gasteiger partial charge is 0.433 e. The zero-order valence-electron chi connectivity index (χ0n) is 8.47. The van der Waals surface area contributed by atoms with Crippen LogP contribution in [0.5, 0.6) is 0 Å². The van der Waals surface area contributed by atoms with Crippen molar-refractivity contribution in [2.24, 2.45) is 4.99 Å². The molecular formula is C11H12NO2W-. The summed E-state index contributed by atoms with van der Waals surface area (Å²) >= 11 is 0. The van der Waals surface area contributed by atoms with Crippen LogP contribution in [-0.4, -0.2) is 18.9 Å². The average Bonchev–Trinajstić information content (AvgIpc) is 2.20. The third kappa shape index (κ3) is 6.18. The number of carbonyl (C=O) groups excluding carboxylic acids is 1. The normalized spacial score (nSPS) is 9.67. The van der Waals surface area contributed by atoms with Gasteiger partial charge in [0.1, 0.15) is 0 Å². The topological polar surface area (TPSA) is 38.7 Å². The van der Waals surface area contributed by atoms with Crippen molar-refractivity contribution >= 4 is 12.3 Å². The molecule has 15 heavy (non-hydrogen) atoms. The molecule has 0 N–H and O–H groups in total. The second-order valence-corrected chi connectivity index (χ2v) is 2.62. The number of amides is 1. The minimum atomic E-state index is -0.532. The third-order valence-corrected chi connectivity index (χ3v) is 1.58. The van der Waals surface area contributed by atoms with Crippen LogP contribution in [0.4, 0.5) is 4.79 Å². The summed E-state index contributed by atoms with van der Waals surface area (Å²) in [6.07, 6.45) is 1.65. The van der Waals surface area contributed by atoms with Crippen molar-refractivity contribution in [1.82, 2.24) is 0 Å². The van der Waals surface area contributed by atoms with Gasteiger partial charge in [0.15, 0.2) is 0 Å². The van der Waals surface area contributed by atoms with Crippen molar-refractivity contribution in [3.05, 3.63) is 35.9 Å². The molecule has 0 aliphatic carbocycles. The molecular weight excluding hydrogens is 362 g/mol. The number of carbonyl (C=O) groups is 1. The Balaban J connectivity index is 0.00000196. The molecule has 4 heteroatoms. The molecule has 0 radical (unpaired) electrons. The molecule has 0 fully saturated rings. The fourth-order valence-electron chi connectivity index (χ4n) is 0.944. The van der Waals surface area contributed by atoms with Gasteiger partial charge in [-0.25, -0.2) is 4.79 Å². The second kappa shape index (κ2) is 8.36. The Morgan fingerprint density at radius 3 is 2.80 bits per heavy atom. The molecule has 0 saturated carbocycles. The van der Waals surface area contributed by atoms with Gasteiger partial charge < -0.3 is 4.74 Å². The first-order valence-electron chi connectivity index (χ1n) is 4.47. The van der Waals surface area contributed by atoms with E-state index in [1.54, 1.807) is 13.1 Å². The number of hydrogen-bond donors (Lipinski definition) is 0. The summed E-state index contributed by atoms with van der Waals surface area (Å²) in [5.41, 5.74) is 1.09. The van der Waals surface area contributed by atoms with E-state index in [1.165, 1.54) is 0 Å². The first-order valence-corrected chi connectivity index (χ1v) is 4.47. The SMILES string of the molecule is CCOC(=O)N=CCc1cc[c-]cc1.[W]. The number of hydrogen-bond acceptors (Lipinski definition) is 2. The quantitative estimate of drug-likeness (QED) is 0.602. The Morgan fingerprint density at radius 2 is 2.20 bits per heavy atom. The number of rotatable bonds is 3. The first-order chi connectivity index (χ1) is 6.83. The van der Waals surface area contributed by atoms with Crippen molar-refractivity contribution in [1.29, 1.82) is 0 Å². The van der Waals surface area contributed by atoms with Gasteiger partial charge in [0.25, 0.3) is 0 Å².